The molecule has 2 rings (SSSR count). The Balaban J connectivity index is 1.83. The van der Waals surface area contributed by atoms with E-state index in [4.69, 9.17) is 0 Å². The molecule has 0 bridgehead atoms. The molecule has 17 heavy (non-hydrogen) atoms. The van der Waals surface area contributed by atoms with Crippen molar-refractivity contribution in [2.75, 3.05) is 18.9 Å². The van der Waals surface area contributed by atoms with Crippen LogP contribution in [-0.4, -0.2) is 34.7 Å². The number of hydrogen-bond acceptors (Lipinski definition) is 5. The first kappa shape index (κ1) is 12.8. The Bertz CT molecular complexity index is 333. The van der Waals surface area contributed by atoms with E-state index in [1.165, 1.54) is 25.7 Å². The Hall–Kier alpha value is -0.680. The average Bonchev–Trinajstić information content (AvgIpc) is 2.97. The summed E-state index contributed by atoms with van der Waals surface area (Å²) in [5.74, 6) is 0. The molecule has 1 aliphatic rings. The highest BCUT2D eigenvalue weighted by atomic mass is 32.1. The van der Waals surface area contributed by atoms with Gasteiger partial charge in [0.05, 0.1) is 6.54 Å². The first-order valence-corrected chi connectivity index (χ1v) is 7.37. The molecule has 0 radical (unpaired) electrons. The van der Waals surface area contributed by atoms with Crippen LogP contribution in [0, 0.1) is 0 Å². The van der Waals surface area contributed by atoms with E-state index < -0.39 is 0 Å². The summed E-state index contributed by atoms with van der Waals surface area (Å²) in [6.45, 7) is 4.08. The molecule has 1 fully saturated rings. The van der Waals surface area contributed by atoms with Crippen LogP contribution in [0.15, 0.2) is 0 Å². The van der Waals surface area contributed by atoms with E-state index in [0.29, 0.717) is 0 Å². The second-order valence-corrected chi connectivity index (χ2v) is 5.84. The Labute approximate surface area is 107 Å². The van der Waals surface area contributed by atoms with Crippen LogP contribution in [0.2, 0.25) is 0 Å². The summed E-state index contributed by atoms with van der Waals surface area (Å²) in [6, 6.07) is 0.756. The number of nitrogens with zero attached hydrogens (tertiary/aromatic N) is 3. The van der Waals surface area contributed by atoms with Crippen LogP contribution >= 0.6 is 11.3 Å². The topological polar surface area (TPSA) is 41.1 Å². The van der Waals surface area contributed by atoms with Crippen molar-refractivity contribution in [2.45, 2.75) is 51.6 Å². The van der Waals surface area contributed by atoms with Crippen molar-refractivity contribution in [2.24, 2.45) is 0 Å². The SMILES string of the molecule is CCCNc1nnc(CN(C)C2CCCC2)s1. The predicted molar refractivity (Wildman–Crippen MR) is 72.4 cm³/mol. The molecule has 0 atom stereocenters. The predicted octanol–water partition coefficient (Wildman–Crippen LogP) is 2.73. The van der Waals surface area contributed by atoms with Crippen LogP contribution in [0.3, 0.4) is 0 Å². The molecule has 0 amide bonds. The third kappa shape index (κ3) is 3.64. The minimum absolute atomic E-state index is 0.756. The Morgan fingerprint density at radius 2 is 2.12 bits per heavy atom. The molecule has 0 aromatic carbocycles. The summed E-state index contributed by atoms with van der Waals surface area (Å²) in [7, 11) is 2.20. The van der Waals surface area contributed by atoms with Crippen molar-refractivity contribution in [3.05, 3.63) is 5.01 Å². The highest BCUT2D eigenvalue weighted by molar-refractivity contribution is 7.15. The molecule has 1 saturated carbocycles. The van der Waals surface area contributed by atoms with Gasteiger partial charge in [0.25, 0.3) is 0 Å². The molecule has 1 heterocycles. The molecular formula is C12H22N4S. The van der Waals surface area contributed by atoms with Crippen LogP contribution in [0.25, 0.3) is 0 Å². The van der Waals surface area contributed by atoms with Crippen LogP contribution < -0.4 is 5.32 Å². The summed E-state index contributed by atoms with van der Waals surface area (Å²) in [6.07, 6.45) is 6.58. The maximum Gasteiger partial charge on any atom is 0.205 e. The third-order valence-corrected chi connectivity index (χ3v) is 4.19. The summed E-state index contributed by atoms with van der Waals surface area (Å²) in [5.41, 5.74) is 0. The van der Waals surface area contributed by atoms with Crippen molar-refractivity contribution in [1.29, 1.82) is 0 Å². The second kappa shape index (κ2) is 6.31. The van der Waals surface area contributed by atoms with Crippen LogP contribution in [0.1, 0.15) is 44.0 Å². The molecule has 0 aliphatic heterocycles. The number of anilines is 1. The van der Waals surface area contributed by atoms with E-state index in [9.17, 15) is 0 Å². The number of nitrogens with one attached hydrogen (secondary N) is 1. The molecule has 1 aromatic rings. The molecule has 1 N–H and O–H groups in total. The lowest BCUT2D eigenvalue weighted by Gasteiger charge is -2.22. The second-order valence-electron chi connectivity index (χ2n) is 4.78. The fourth-order valence-corrected chi connectivity index (χ4v) is 3.14. The van der Waals surface area contributed by atoms with Crippen LogP contribution in [0.4, 0.5) is 5.13 Å². The zero-order chi connectivity index (χ0) is 12.1. The average molecular weight is 254 g/mol. The van der Waals surface area contributed by atoms with Gasteiger partial charge in [0.1, 0.15) is 5.01 Å². The lowest BCUT2D eigenvalue weighted by molar-refractivity contribution is 0.236. The third-order valence-electron chi connectivity index (χ3n) is 3.33. The van der Waals surface area contributed by atoms with Crippen molar-refractivity contribution < 1.29 is 0 Å². The molecule has 96 valence electrons. The summed E-state index contributed by atoms with van der Waals surface area (Å²) >= 11 is 1.68. The van der Waals surface area contributed by atoms with Gasteiger partial charge in [-0.25, -0.2) is 0 Å². The van der Waals surface area contributed by atoms with Crippen LogP contribution in [-0.2, 0) is 6.54 Å². The zero-order valence-corrected chi connectivity index (χ0v) is 11.6. The molecule has 4 nitrogen and oxygen atoms in total. The lowest BCUT2D eigenvalue weighted by atomic mass is 10.2. The monoisotopic (exact) mass is 254 g/mol. The van der Waals surface area contributed by atoms with E-state index in [1.807, 2.05) is 0 Å². The van der Waals surface area contributed by atoms with Crippen molar-refractivity contribution >= 4 is 16.5 Å². The molecule has 5 heteroatoms. The van der Waals surface area contributed by atoms with Gasteiger partial charge in [0, 0.05) is 12.6 Å². The summed E-state index contributed by atoms with van der Waals surface area (Å²) < 4.78 is 0. The molecule has 1 aliphatic carbocycles. The molecule has 1 aromatic heterocycles. The van der Waals surface area contributed by atoms with Gasteiger partial charge < -0.3 is 5.32 Å². The van der Waals surface area contributed by atoms with Gasteiger partial charge in [-0.05, 0) is 26.3 Å². The largest absolute Gasteiger partial charge is 0.360 e. The maximum atomic E-state index is 4.24. The van der Waals surface area contributed by atoms with Crippen molar-refractivity contribution in [3.8, 4) is 0 Å². The Morgan fingerprint density at radius 1 is 1.35 bits per heavy atom. The number of hydrogen-bond donors (Lipinski definition) is 1. The smallest absolute Gasteiger partial charge is 0.205 e. The van der Waals surface area contributed by atoms with Gasteiger partial charge in [-0.3, -0.25) is 4.90 Å². The highest BCUT2D eigenvalue weighted by Gasteiger charge is 2.20. The maximum absolute atomic E-state index is 4.24. The normalized spacial score (nSPS) is 16.9. The first-order valence-electron chi connectivity index (χ1n) is 6.56. The molecule has 0 saturated heterocycles. The van der Waals surface area contributed by atoms with Gasteiger partial charge in [-0.1, -0.05) is 31.1 Å². The summed E-state index contributed by atoms with van der Waals surface area (Å²) in [5, 5.41) is 13.8. The Morgan fingerprint density at radius 3 is 2.82 bits per heavy atom. The van der Waals surface area contributed by atoms with Crippen molar-refractivity contribution in [1.82, 2.24) is 15.1 Å². The summed E-state index contributed by atoms with van der Waals surface area (Å²) in [4.78, 5) is 2.43. The van der Waals surface area contributed by atoms with E-state index in [1.54, 1.807) is 11.3 Å². The van der Waals surface area contributed by atoms with Gasteiger partial charge in [-0.15, -0.1) is 10.2 Å². The van der Waals surface area contributed by atoms with Gasteiger partial charge in [-0.2, -0.15) is 0 Å². The minimum Gasteiger partial charge on any atom is -0.360 e. The van der Waals surface area contributed by atoms with E-state index in [0.717, 1.165) is 35.7 Å². The highest BCUT2D eigenvalue weighted by Crippen LogP contribution is 2.24. The number of rotatable bonds is 6. The van der Waals surface area contributed by atoms with Crippen molar-refractivity contribution in [3.63, 3.8) is 0 Å². The fraction of sp³-hybridized carbons (Fsp3) is 0.833. The first-order chi connectivity index (χ1) is 8.29. The van der Waals surface area contributed by atoms with E-state index >= 15 is 0 Å². The van der Waals surface area contributed by atoms with Gasteiger partial charge in [0.15, 0.2) is 0 Å². The molecule has 0 unspecified atom stereocenters. The van der Waals surface area contributed by atoms with Gasteiger partial charge in [0.2, 0.25) is 5.13 Å². The minimum atomic E-state index is 0.756. The number of aromatic nitrogens is 2. The standard InChI is InChI=1S/C12H22N4S/c1-3-8-13-12-15-14-11(17-12)9-16(2)10-6-4-5-7-10/h10H,3-9H2,1-2H3,(H,13,15). The zero-order valence-electron chi connectivity index (χ0n) is 10.8. The van der Waals surface area contributed by atoms with Crippen LogP contribution in [0.5, 0.6) is 0 Å². The molecular weight excluding hydrogens is 232 g/mol. The quantitative estimate of drug-likeness (QED) is 0.847. The Kier molecular flexibility index (Phi) is 4.74. The molecule has 0 spiro atoms. The lowest BCUT2D eigenvalue weighted by Crippen LogP contribution is -2.28. The van der Waals surface area contributed by atoms with Gasteiger partial charge >= 0.3 is 0 Å². The fourth-order valence-electron chi connectivity index (χ4n) is 2.31. The van der Waals surface area contributed by atoms with E-state index in [-0.39, 0.29) is 0 Å². The van der Waals surface area contributed by atoms with E-state index in [2.05, 4.69) is 34.4 Å².